The lowest BCUT2D eigenvalue weighted by atomic mass is 9.91. The molecule has 7 nitrogen and oxygen atoms in total. The van der Waals surface area contributed by atoms with Gasteiger partial charge in [0.25, 0.3) is 11.8 Å². The standard InChI is InChI=1S/C20H26F2N6O/c1-20(21,22)16-11-28-17(4-3-5-18(28)26-16)24-13-6-8-14(9-7-13)25-19(29)15-10-23-12-27(15)2/h4,10-14,24H,3,5-9H2,1-2H3,(H,25,29). The third-order valence-electron chi connectivity index (χ3n) is 5.66. The lowest BCUT2D eigenvalue weighted by Gasteiger charge is -2.32. The van der Waals surface area contributed by atoms with Crippen LogP contribution in [0.25, 0.3) is 5.82 Å². The monoisotopic (exact) mass is 404 g/mol. The Morgan fingerprint density at radius 2 is 1.97 bits per heavy atom. The largest absolute Gasteiger partial charge is 0.369 e. The maximum atomic E-state index is 13.6. The number of halogens is 2. The van der Waals surface area contributed by atoms with Gasteiger partial charge in [-0.1, -0.05) is 0 Å². The first-order chi connectivity index (χ1) is 13.8. The van der Waals surface area contributed by atoms with E-state index in [1.165, 1.54) is 6.20 Å². The Bertz CT molecular complexity index is 918. The van der Waals surface area contributed by atoms with Crippen LogP contribution in [0.2, 0.25) is 0 Å². The van der Waals surface area contributed by atoms with E-state index in [1.807, 2.05) is 6.08 Å². The Morgan fingerprint density at radius 1 is 1.24 bits per heavy atom. The molecule has 29 heavy (non-hydrogen) atoms. The van der Waals surface area contributed by atoms with E-state index in [1.54, 1.807) is 28.7 Å². The summed E-state index contributed by atoms with van der Waals surface area (Å²) in [4.78, 5) is 20.4. The van der Waals surface area contributed by atoms with Gasteiger partial charge in [-0.2, -0.15) is 8.78 Å². The summed E-state index contributed by atoms with van der Waals surface area (Å²) in [7, 11) is 1.80. The summed E-state index contributed by atoms with van der Waals surface area (Å²) in [5, 5.41) is 6.58. The van der Waals surface area contributed by atoms with Gasteiger partial charge in [0.1, 0.15) is 23.0 Å². The van der Waals surface area contributed by atoms with Gasteiger partial charge in [0.15, 0.2) is 0 Å². The molecule has 2 N–H and O–H groups in total. The van der Waals surface area contributed by atoms with Crippen LogP contribution in [0.3, 0.4) is 0 Å². The summed E-state index contributed by atoms with van der Waals surface area (Å²) < 4.78 is 30.7. The second-order valence-corrected chi connectivity index (χ2v) is 7.98. The van der Waals surface area contributed by atoms with Crippen molar-refractivity contribution in [2.45, 2.75) is 63.5 Å². The highest BCUT2D eigenvalue weighted by Gasteiger charge is 2.31. The highest BCUT2D eigenvalue weighted by molar-refractivity contribution is 5.92. The lowest BCUT2D eigenvalue weighted by molar-refractivity contribution is 0.0130. The third kappa shape index (κ3) is 4.18. The van der Waals surface area contributed by atoms with Crippen molar-refractivity contribution >= 4 is 11.7 Å². The molecule has 1 aliphatic heterocycles. The highest BCUT2D eigenvalue weighted by atomic mass is 19.3. The topological polar surface area (TPSA) is 76.8 Å². The number of imidazole rings is 2. The van der Waals surface area contributed by atoms with E-state index in [0.29, 0.717) is 17.9 Å². The highest BCUT2D eigenvalue weighted by Crippen LogP contribution is 2.29. The van der Waals surface area contributed by atoms with Gasteiger partial charge in [0, 0.05) is 38.7 Å². The summed E-state index contributed by atoms with van der Waals surface area (Å²) in [5.41, 5.74) is 0.359. The number of allylic oxidation sites excluding steroid dienone is 1. The fourth-order valence-corrected chi connectivity index (χ4v) is 4.01. The fraction of sp³-hybridized carbons (Fsp3) is 0.550. The molecule has 0 bridgehead atoms. The zero-order chi connectivity index (χ0) is 20.6. The molecule has 0 saturated heterocycles. The molecule has 0 aromatic carbocycles. The molecule has 1 amide bonds. The lowest BCUT2D eigenvalue weighted by Crippen LogP contribution is -2.42. The molecule has 0 atom stereocenters. The average Bonchev–Trinajstić information content (AvgIpc) is 3.30. The van der Waals surface area contributed by atoms with Crippen LogP contribution < -0.4 is 10.6 Å². The van der Waals surface area contributed by atoms with E-state index < -0.39 is 5.92 Å². The molecule has 2 aliphatic rings. The first-order valence-corrected chi connectivity index (χ1v) is 10.0. The summed E-state index contributed by atoms with van der Waals surface area (Å²) in [6, 6.07) is 0.370. The number of hydrogen-bond donors (Lipinski definition) is 2. The number of alkyl halides is 2. The Labute approximate surface area is 168 Å². The van der Waals surface area contributed by atoms with E-state index in [4.69, 9.17) is 0 Å². The van der Waals surface area contributed by atoms with E-state index in [9.17, 15) is 13.6 Å². The second kappa shape index (κ2) is 7.61. The van der Waals surface area contributed by atoms with E-state index in [2.05, 4.69) is 20.6 Å². The molecule has 2 aromatic heterocycles. The van der Waals surface area contributed by atoms with Gasteiger partial charge in [-0.15, -0.1) is 0 Å². The number of carbonyl (C=O) groups is 1. The van der Waals surface area contributed by atoms with E-state index >= 15 is 0 Å². The van der Waals surface area contributed by atoms with Gasteiger partial charge in [-0.3, -0.25) is 9.36 Å². The Morgan fingerprint density at radius 3 is 2.62 bits per heavy atom. The first-order valence-electron chi connectivity index (χ1n) is 10.0. The smallest absolute Gasteiger partial charge is 0.288 e. The molecule has 2 aromatic rings. The van der Waals surface area contributed by atoms with Crippen LogP contribution in [0.5, 0.6) is 0 Å². The summed E-state index contributed by atoms with van der Waals surface area (Å²) in [6.45, 7) is 0.874. The number of aryl methyl sites for hydroxylation is 2. The number of rotatable bonds is 5. The van der Waals surface area contributed by atoms with E-state index in [-0.39, 0.29) is 23.7 Å². The van der Waals surface area contributed by atoms with Crippen LogP contribution in [-0.2, 0) is 19.4 Å². The number of amides is 1. The zero-order valence-electron chi connectivity index (χ0n) is 16.7. The number of hydrogen-bond acceptors (Lipinski definition) is 4. The molecular formula is C20H26F2N6O. The number of fused-ring (bicyclic) bond motifs is 1. The SMILES string of the molecule is Cn1cncc1C(=O)NC1CCC(NC2=CCCc3nc(C(C)(F)F)cn32)CC1. The van der Waals surface area contributed by atoms with Crippen LogP contribution in [0, 0.1) is 0 Å². The molecule has 9 heteroatoms. The Hall–Kier alpha value is -2.71. The van der Waals surface area contributed by atoms with Crippen molar-refractivity contribution in [2.24, 2.45) is 7.05 Å². The van der Waals surface area contributed by atoms with Crippen molar-refractivity contribution in [1.29, 1.82) is 0 Å². The van der Waals surface area contributed by atoms with Crippen LogP contribution in [-0.4, -0.2) is 37.1 Å². The van der Waals surface area contributed by atoms with Gasteiger partial charge >= 0.3 is 0 Å². The normalized spacial score (nSPS) is 22.0. The predicted molar refractivity (Wildman–Crippen MR) is 104 cm³/mol. The minimum atomic E-state index is -2.94. The van der Waals surface area contributed by atoms with E-state index in [0.717, 1.165) is 44.8 Å². The zero-order valence-corrected chi connectivity index (χ0v) is 16.7. The third-order valence-corrected chi connectivity index (χ3v) is 5.66. The Balaban J connectivity index is 1.34. The van der Waals surface area contributed by atoms with Crippen LogP contribution in [0.15, 0.2) is 24.8 Å². The van der Waals surface area contributed by atoms with Crippen LogP contribution in [0.4, 0.5) is 8.78 Å². The van der Waals surface area contributed by atoms with Crippen molar-refractivity contribution in [3.05, 3.63) is 42.0 Å². The van der Waals surface area contributed by atoms with Gasteiger partial charge < -0.3 is 15.2 Å². The van der Waals surface area contributed by atoms with Crippen molar-refractivity contribution in [1.82, 2.24) is 29.7 Å². The number of nitrogens with one attached hydrogen (secondary N) is 2. The maximum absolute atomic E-state index is 13.6. The van der Waals surface area contributed by atoms with Gasteiger partial charge in [0.05, 0.1) is 12.5 Å². The van der Waals surface area contributed by atoms with Crippen molar-refractivity contribution < 1.29 is 13.6 Å². The second-order valence-electron chi connectivity index (χ2n) is 7.98. The number of carbonyl (C=O) groups excluding carboxylic acids is 1. The van der Waals surface area contributed by atoms with Crippen LogP contribution in [0.1, 0.15) is 61.0 Å². The maximum Gasteiger partial charge on any atom is 0.288 e. The van der Waals surface area contributed by atoms with Crippen molar-refractivity contribution in [3.63, 3.8) is 0 Å². The minimum absolute atomic E-state index is 0.104. The quantitative estimate of drug-likeness (QED) is 0.804. The predicted octanol–water partition coefficient (Wildman–Crippen LogP) is 2.80. The number of nitrogens with zero attached hydrogens (tertiary/aromatic N) is 4. The molecule has 1 aliphatic carbocycles. The minimum Gasteiger partial charge on any atom is -0.369 e. The Kier molecular flexibility index (Phi) is 5.14. The number of aromatic nitrogens is 4. The summed E-state index contributed by atoms with van der Waals surface area (Å²) >= 11 is 0. The molecule has 1 fully saturated rings. The molecule has 0 unspecified atom stereocenters. The fourth-order valence-electron chi connectivity index (χ4n) is 4.01. The average molecular weight is 404 g/mol. The molecule has 0 spiro atoms. The molecule has 3 heterocycles. The summed E-state index contributed by atoms with van der Waals surface area (Å²) in [6.07, 6.45) is 11.6. The molecular weight excluding hydrogens is 378 g/mol. The van der Waals surface area contributed by atoms with Crippen LogP contribution >= 0.6 is 0 Å². The summed E-state index contributed by atoms with van der Waals surface area (Å²) in [5.74, 6) is -1.55. The van der Waals surface area contributed by atoms with Crippen molar-refractivity contribution in [2.75, 3.05) is 0 Å². The van der Waals surface area contributed by atoms with Gasteiger partial charge in [-0.05, 0) is 38.2 Å². The van der Waals surface area contributed by atoms with Gasteiger partial charge in [0.2, 0.25) is 0 Å². The van der Waals surface area contributed by atoms with Crippen molar-refractivity contribution in [3.8, 4) is 0 Å². The van der Waals surface area contributed by atoms with Gasteiger partial charge in [-0.25, -0.2) is 9.97 Å². The molecule has 156 valence electrons. The molecule has 1 saturated carbocycles. The molecule has 0 radical (unpaired) electrons. The molecule has 4 rings (SSSR count). The first kappa shape index (κ1) is 19.6.